The second-order valence-corrected chi connectivity index (χ2v) is 10.4. The molecule has 180 valence electrons. The van der Waals surface area contributed by atoms with Gasteiger partial charge in [0.25, 0.3) is 0 Å². The molecule has 36 heavy (non-hydrogen) atoms. The number of furan rings is 1. The summed E-state index contributed by atoms with van der Waals surface area (Å²) < 4.78 is 5.88. The molecule has 1 aliphatic heterocycles. The number of aryl methyl sites for hydroxylation is 1. The Labute approximate surface area is 214 Å². The summed E-state index contributed by atoms with van der Waals surface area (Å²) in [5.41, 5.74) is 5.38. The molecule has 1 amide bonds. The normalized spacial score (nSPS) is 19.4. The molecule has 0 saturated carbocycles. The number of amides is 1. The van der Waals surface area contributed by atoms with Crippen molar-refractivity contribution in [1.82, 2.24) is 0 Å². The van der Waals surface area contributed by atoms with E-state index < -0.39 is 6.04 Å². The minimum absolute atomic E-state index is 0.0393. The third-order valence-corrected chi connectivity index (χ3v) is 7.90. The molecule has 0 radical (unpaired) electrons. The van der Waals surface area contributed by atoms with Crippen molar-refractivity contribution in [2.45, 2.75) is 38.1 Å². The van der Waals surface area contributed by atoms with Crippen LogP contribution in [0.1, 0.15) is 46.6 Å². The van der Waals surface area contributed by atoms with Crippen molar-refractivity contribution in [1.29, 1.82) is 0 Å². The van der Waals surface area contributed by atoms with Crippen molar-refractivity contribution in [3.05, 3.63) is 117 Å². The summed E-state index contributed by atoms with van der Waals surface area (Å²) in [6.07, 6.45) is 2.93. The largest absolute Gasteiger partial charge is 0.467 e. The van der Waals surface area contributed by atoms with E-state index in [9.17, 15) is 9.59 Å². The van der Waals surface area contributed by atoms with Crippen molar-refractivity contribution in [3.63, 3.8) is 0 Å². The average molecular weight is 495 g/mol. The van der Waals surface area contributed by atoms with Gasteiger partial charge < -0.3 is 9.73 Å². The van der Waals surface area contributed by atoms with Gasteiger partial charge in [0.1, 0.15) is 11.8 Å². The Bertz CT molecular complexity index is 1440. The second-order valence-electron chi connectivity index (χ2n) is 9.41. The number of nitrogens with zero attached hydrogens (tertiary/aromatic N) is 1. The van der Waals surface area contributed by atoms with E-state index in [0.717, 1.165) is 27.5 Å². The van der Waals surface area contributed by atoms with E-state index in [0.29, 0.717) is 24.2 Å². The number of hydrogen-bond acceptors (Lipinski definition) is 5. The van der Waals surface area contributed by atoms with Crippen molar-refractivity contribution in [2.24, 2.45) is 0 Å². The maximum Gasteiger partial charge on any atom is 0.233 e. The molecule has 1 aliphatic carbocycles. The minimum atomic E-state index is -0.634. The fourth-order valence-electron chi connectivity index (χ4n) is 5.30. The van der Waals surface area contributed by atoms with Gasteiger partial charge >= 0.3 is 0 Å². The SMILES string of the molecule is Cc1ccc(C2CC(=O)C3=C(C2)Nc2ccccc2N(C(=O)Cc2cccs2)C3c2ccco2)cc1. The van der Waals surface area contributed by atoms with Gasteiger partial charge in [-0.1, -0.05) is 48.0 Å². The molecule has 0 fully saturated rings. The standard InChI is InChI=1S/C30H26N2O3S/c1-19-10-12-20(13-11-19)21-16-24-29(26(33)17-21)30(27-9-4-14-35-27)32(25-8-3-2-7-23(25)31-24)28(34)18-22-6-5-15-36-22/h2-15,21,30-31H,16-18H2,1H3. The van der Waals surface area contributed by atoms with Gasteiger partial charge in [-0.3, -0.25) is 14.5 Å². The number of para-hydroxylation sites is 2. The van der Waals surface area contributed by atoms with Crippen LogP contribution in [0.15, 0.2) is 100 Å². The lowest BCUT2D eigenvalue weighted by Crippen LogP contribution is -2.39. The molecule has 3 heterocycles. The molecule has 2 aromatic carbocycles. The second kappa shape index (κ2) is 9.28. The summed E-state index contributed by atoms with van der Waals surface area (Å²) in [4.78, 5) is 30.6. The Hall–Kier alpha value is -3.90. The Morgan fingerprint density at radius 1 is 1.03 bits per heavy atom. The lowest BCUT2D eigenvalue weighted by atomic mass is 9.79. The van der Waals surface area contributed by atoms with Gasteiger partial charge in [-0.05, 0) is 60.5 Å². The molecule has 0 bridgehead atoms. The highest BCUT2D eigenvalue weighted by atomic mass is 32.1. The van der Waals surface area contributed by atoms with E-state index in [2.05, 4.69) is 36.5 Å². The molecule has 2 atom stereocenters. The first-order chi connectivity index (χ1) is 17.6. The Morgan fingerprint density at radius 3 is 2.61 bits per heavy atom. The zero-order valence-corrected chi connectivity index (χ0v) is 20.8. The zero-order chi connectivity index (χ0) is 24.6. The van der Waals surface area contributed by atoms with Crippen molar-refractivity contribution < 1.29 is 14.0 Å². The highest BCUT2D eigenvalue weighted by Gasteiger charge is 2.42. The number of benzene rings is 2. The van der Waals surface area contributed by atoms with Crippen LogP contribution < -0.4 is 10.2 Å². The number of ketones is 1. The van der Waals surface area contributed by atoms with Crippen LogP contribution in [0.25, 0.3) is 0 Å². The van der Waals surface area contributed by atoms with E-state index in [-0.39, 0.29) is 24.0 Å². The van der Waals surface area contributed by atoms with Crippen molar-refractivity contribution in [2.75, 3.05) is 10.2 Å². The molecule has 5 nitrogen and oxygen atoms in total. The van der Waals surface area contributed by atoms with E-state index >= 15 is 0 Å². The van der Waals surface area contributed by atoms with Crippen LogP contribution in [-0.2, 0) is 16.0 Å². The number of anilines is 2. The van der Waals surface area contributed by atoms with Crippen LogP contribution in [-0.4, -0.2) is 11.7 Å². The van der Waals surface area contributed by atoms with Crippen LogP contribution in [0.2, 0.25) is 0 Å². The number of Topliss-reactive ketones (excluding diaryl/α,β-unsaturated/α-hetero) is 1. The first-order valence-corrected chi connectivity index (χ1v) is 13.0. The lowest BCUT2D eigenvalue weighted by Gasteiger charge is -2.33. The molecule has 1 N–H and O–H groups in total. The maximum absolute atomic E-state index is 13.9. The number of allylic oxidation sites excluding steroid dienone is 1. The molecular formula is C30H26N2O3S. The average Bonchev–Trinajstić information content (AvgIpc) is 3.56. The summed E-state index contributed by atoms with van der Waals surface area (Å²) in [6.45, 7) is 2.07. The van der Waals surface area contributed by atoms with Crippen LogP contribution in [0.5, 0.6) is 0 Å². The predicted molar refractivity (Wildman–Crippen MR) is 142 cm³/mol. The van der Waals surface area contributed by atoms with Crippen LogP contribution >= 0.6 is 11.3 Å². The molecule has 6 rings (SSSR count). The quantitative estimate of drug-likeness (QED) is 0.339. The van der Waals surface area contributed by atoms with Crippen molar-refractivity contribution in [3.8, 4) is 0 Å². The first kappa shape index (κ1) is 22.6. The van der Waals surface area contributed by atoms with Gasteiger partial charge in [-0.2, -0.15) is 0 Å². The summed E-state index contributed by atoms with van der Waals surface area (Å²) in [7, 11) is 0. The molecule has 0 spiro atoms. The lowest BCUT2D eigenvalue weighted by molar-refractivity contribution is -0.118. The number of carbonyl (C=O) groups is 2. The fourth-order valence-corrected chi connectivity index (χ4v) is 6.00. The Kier molecular flexibility index (Phi) is 5.82. The zero-order valence-electron chi connectivity index (χ0n) is 19.9. The molecule has 0 saturated heterocycles. The van der Waals surface area contributed by atoms with E-state index in [1.807, 2.05) is 53.9 Å². The number of nitrogens with one attached hydrogen (secondary N) is 1. The molecule has 2 aromatic heterocycles. The Balaban J connectivity index is 1.49. The van der Waals surface area contributed by atoms with Gasteiger partial charge in [-0.25, -0.2) is 0 Å². The summed E-state index contributed by atoms with van der Waals surface area (Å²) in [5.74, 6) is 0.623. The van der Waals surface area contributed by atoms with Gasteiger partial charge in [0.05, 0.1) is 24.1 Å². The van der Waals surface area contributed by atoms with E-state index in [4.69, 9.17) is 4.42 Å². The van der Waals surface area contributed by atoms with Crippen LogP contribution in [0, 0.1) is 6.92 Å². The van der Waals surface area contributed by atoms with Gasteiger partial charge in [-0.15, -0.1) is 11.3 Å². The van der Waals surface area contributed by atoms with Crippen molar-refractivity contribution >= 4 is 34.4 Å². The highest BCUT2D eigenvalue weighted by molar-refractivity contribution is 7.10. The third-order valence-electron chi connectivity index (χ3n) is 7.02. The fraction of sp³-hybridized carbons (Fsp3) is 0.200. The summed E-state index contributed by atoms with van der Waals surface area (Å²) >= 11 is 1.56. The van der Waals surface area contributed by atoms with Gasteiger partial charge in [0.2, 0.25) is 5.91 Å². The number of thiophene rings is 1. The monoisotopic (exact) mass is 494 g/mol. The van der Waals surface area contributed by atoms with E-state index in [1.54, 1.807) is 22.5 Å². The number of fused-ring (bicyclic) bond motifs is 1. The minimum Gasteiger partial charge on any atom is -0.467 e. The molecule has 4 aromatic rings. The number of hydrogen-bond donors (Lipinski definition) is 1. The summed E-state index contributed by atoms with van der Waals surface area (Å²) in [6, 6.07) is 23.1. The topological polar surface area (TPSA) is 62.6 Å². The maximum atomic E-state index is 13.9. The molecule has 2 unspecified atom stereocenters. The molecule has 6 heteroatoms. The van der Waals surface area contributed by atoms with Gasteiger partial charge in [0.15, 0.2) is 5.78 Å². The molecule has 2 aliphatic rings. The van der Waals surface area contributed by atoms with E-state index in [1.165, 1.54) is 5.56 Å². The highest BCUT2D eigenvalue weighted by Crippen LogP contribution is 2.47. The predicted octanol–water partition coefficient (Wildman–Crippen LogP) is 6.79. The smallest absolute Gasteiger partial charge is 0.233 e. The van der Waals surface area contributed by atoms with Crippen LogP contribution in [0.4, 0.5) is 11.4 Å². The number of rotatable bonds is 4. The molecular weight excluding hydrogens is 468 g/mol. The number of carbonyl (C=O) groups excluding carboxylic acids is 2. The van der Waals surface area contributed by atoms with Crippen LogP contribution in [0.3, 0.4) is 0 Å². The van der Waals surface area contributed by atoms with Gasteiger partial charge in [0, 0.05) is 22.6 Å². The third kappa shape index (κ3) is 4.07. The first-order valence-electron chi connectivity index (χ1n) is 12.1. The summed E-state index contributed by atoms with van der Waals surface area (Å²) in [5, 5.41) is 5.54. The Morgan fingerprint density at radius 2 is 1.86 bits per heavy atom.